The summed E-state index contributed by atoms with van der Waals surface area (Å²) in [5.41, 5.74) is 0.828. The van der Waals surface area contributed by atoms with E-state index < -0.39 is 0 Å². The molecule has 0 bridgehead atoms. The van der Waals surface area contributed by atoms with Gasteiger partial charge < -0.3 is 20.3 Å². The van der Waals surface area contributed by atoms with E-state index in [1.54, 1.807) is 11.0 Å². The first-order valence-corrected chi connectivity index (χ1v) is 8.83. The fourth-order valence-electron chi connectivity index (χ4n) is 2.74. The van der Waals surface area contributed by atoms with Crippen LogP contribution in [0.3, 0.4) is 0 Å². The molecule has 26 heavy (non-hydrogen) atoms. The first-order chi connectivity index (χ1) is 12.1. The number of guanidine groups is 1. The number of ether oxygens (including phenoxy) is 1. The molecular weight excluding hydrogens is 450 g/mol. The van der Waals surface area contributed by atoms with Crippen LogP contribution in [0.1, 0.15) is 32.3 Å². The van der Waals surface area contributed by atoms with Crippen LogP contribution in [0.4, 0.5) is 9.18 Å². The third-order valence-electron chi connectivity index (χ3n) is 4.01. The Morgan fingerprint density at radius 2 is 2.08 bits per heavy atom. The van der Waals surface area contributed by atoms with Gasteiger partial charge in [-0.25, -0.2) is 14.2 Å². The van der Waals surface area contributed by atoms with Crippen molar-refractivity contribution in [1.82, 2.24) is 15.5 Å². The molecule has 1 fully saturated rings. The van der Waals surface area contributed by atoms with Gasteiger partial charge in [-0.05, 0) is 44.4 Å². The highest BCUT2D eigenvalue weighted by atomic mass is 127. The molecule has 1 aromatic carbocycles. The van der Waals surface area contributed by atoms with Crippen molar-refractivity contribution in [3.05, 3.63) is 35.6 Å². The molecule has 1 saturated heterocycles. The zero-order valence-corrected chi connectivity index (χ0v) is 17.7. The minimum atomic E-state index is -0.253. The zero-order chi connectivity index (χ0) is 18.1. The lowest BCUT2D eigenvalue weighted by Crippen LogP contribution is -2.49. The van der Waals surface area contributed by atoms with Gasteiger partial charge in [0.05, 0.1) is 13.2 Å². The highest BCUT2D eigenvalue weighted by Gasteiger charge is 2.23. The number of hydrogen-bond donors (Lipinski definition) is 2. The summed E-state index contributed by atoms with van der Waals surface area (Å²) in [5.74, 6) is 0.457. The van der Waals surface area contributed by atoms with Crippen LogP contribution in [0.15, 0.2) is 29.3 Å². The van der Waals surface area contributed by atoms with Crippen molar-refractivity contribution < 1.29 is 13.9 Å². The largest absolute Gasteiger partial charge is 0.450 e. The SMILES string of the molecule is CCNC(=NCc1cccc(F)c1)NC1CCN(C(=O)OCC)CC1.I. The second kappa shape index (κ2) is 11.9. The molecular formula is C18H28FIN4O2. The molecule has 146 valence electrons. The molecule has 8 heteroatoms. The maximum Gasteiger partial charge on any atom is 0.409 e. The molecule has 6 nitrogen and oxygen atoms in total. The number of likely N-dealkylation sites (tertiary alicyclic amines) is 1. The van der Waals surface area contributed by atoms with Crippen LogP contribution in [0.25, 0.3) is 0 Å². The molecule has 0 aliphatic carbocycles. The summed E-state index contributed by atoms with van der Waals surface area (Å²) in [5, 5.41) is 6.61. The number of piperidine rings is 1. The lowest BCUT2D eigenvalue weighted by atomic mass is 10.1. The second-order valence-corrected chi connectivity index (χ2v) is 5.93. The van der Waals surface area contributed by atoms with E-state index in [0.29, 0.717) is 32.2 Å². The van der Waals surface area contributed by atoms with Crippen LogP contribution in [-0.2, 0) is 11.3 Å². The Labute approximate surface area is 171 Å². The van der Waals surface area contributed by atoms with Crippen molar-refractivity contribution in [3.63, 3.8) is 0 Å². The standard InChI is InChI=1S/C18H27FN4O2.HI/c1-3-20-17(21-13-14-6-5-7-15(19)12-14)22-16-8-10-23(11-9-16)18(24)25-4-2;/h5-7,12,16H,3-4,8-11,13H2,1-2H3,(H2,20,21,22);1H. The predicted octanol–water partition coefficient (Wildman–Crippen LogP) is 3.12. The Morgan fingerprint density at radius 3 is 2.69 bits per heavy atom. The van der Waals surface area contributed by atoms with Crippen molar-refractivity contribution in [1.29, 1.82) is 0 Å². The van der Waals surface area contributed by atoms with Crippen molar-refractivity contribution in [2.75, 3.05) is 26.2 Å². The fourth-order valence-corrected chi connectivity index (χ4v) is 2.74. The quantitative estimate of drug-likeness (QED) is 0.388. The molecule has 1 aliphatic heterocycles. The van der Waals surface area contributed by atoms with E-state index in [9.17, 15) is 9.18 Å². The normalized spacial score (nSPS) is 15.2. The zero-order valence-electron chi connectivity index (χ0n) is 15.3. The summed E-state index contributed by atoms with van der Waals surface area (Å²) in [7, 11) is 0. The van der Waals surface area contributed by atoms with Crippen molar-refractivity contribution in [3.8, 4) is 0 Å². The average molecular weight is 478 g/mol. The van der Waals surface area contributed by atoms with Gasteiger partial charge in [0.2, 0.25) is 0 Å². The van der Waals surface area contributed by atoms with Gasteiger partial charge in [-0.15, -0.1) is 24.0 Å². The fraction of sp³-hybridized carbons (Fsp3) is 0.556. The predicted molar refractivity (Wildman–Crippen MR) is 111 cm³/mol. The Morgan fingerprint density at radius 1 is 1.35 bits per heavy atom. The molecule has 0 spiro atoms. The summed E-state index contributed by atoms with van der Waals surface area (Å²) < 4.78 is 18.3. The molecule has 1 aliphatic rings. The third kappa shape index (κ3) is 7.35. The van der Waals surface area contributed by atoms with E-state index in [4.69, 9.17) is 4.74 Å². The molecule has 1 aromatic rings. The molecule has 2 N–H and O–H groups in total. The third-order valence-corrected chi connectivity index (χ3v) is 4.01. The minimum absolute atomic E-state index is 0. The number of nitrogens with one attached hydrogen (secondary N) is 2. The average Bonchev–Trinajstić information content (AvgIpc) is 2.61. The Kier molecular flexibility index (Phi) is 10.3. The second-order valence-electron chi connectivity index (χ2n) is 5.93. The lowest BCUT2D eigenvalue weighted by molar-refractivity contribution is 0.0963. The summed E-state index contributed by atoms with van der Waals surface area (Å²) in [6, 6.07) is 6.70. The Balaban J connectivity index is 0.00000338. The topological polar surface area (TPSA) is 66.0 Å². The summed E-state index contributed by atoms with van der Waals surface area (Å²) >= 11 is 0. The van der Waals surface area contributed by atoms with E-state index in [2.05, 4.69) is 15.6 Å². The van der Waals surface area contributed by atoms with Crippen LogP contribution < -0.4 is 10.6 Å². The number of carbonyl (C=O) groups excluding carboxylic acids is 1. The highest BCUT2D eigenvalue weighted by molar-refractivity contribution is 14.0. The first kappa shape index (κ1) is 22.5. The molecule has 0 saturated carbocycles. The van der Waals surface area contributed by atoms with Gasteiger partial charge in [-0.3, -0.25) is 0 Å². The van der Waals surface area contributed by atoms with Crippen LogP contribution >= 0.6 is 24.0 Å². The highest BCUT2D eigenvalue weighted by Crippen LogP contribution is 2.12. The number of amides is 1. The number of rotatable bonds is 5. The van der Waals surface area contributed by atoms with Crippen LogP contribution in [0.5, 0.6) is 0 Å². The molecule has 0 atom stereocenters. The molecule has 0 unspecified atom stereocenters. The molecule has 0 aromatic heterocycles. The van der Waals surface area contributed by atoms with Crippen LogP contribution in [0, 0.1) is 5.82 Å². The van der Waals surface area contributed by atoms with Gasteiger partial charge in [0, 0.05) is 25.7 Å². The van der Waals surface area contributed by atoms with Gasteiger partial charge in [-0.1, -0.05) is 12.1 Å². The van der Waals surface area contributed by atoms with E-state index in [0.717, 1.165) is 24.9 Å². The van der Waals surface area contributed by atoms with Gasteiger partial charge in [0.15, 0.2) is 5.96 Å². The van der Waals surface area contributed by atoms with E-state index >= 15 is 0 Å². The summed E-state index contributed by atoms with van der Waals surface area (Å²) in [6.45, 7) is 6.70. The first-order valence-electron chi connectivity index (χ1n) is 8.83. The van der Waals surface area contributed by atoms with Crippen LogP contribution in [-0.4, -0.2) is 49.2 Å². The summed E-state index contributed by atoms with van der Waals surface area (Å²) in [6.07, 6.45) is 1.43. The molecule has 1 amide bonds. The number of carbonyl (C=O) groups is 1. The van der Waals surface area contributed by atoms with Crippen LogP contribution in [0.2, 0.25) is 0 Å². The van der Waals surface area contributed by atoms with E-state index in [1.807, 2.05) is 19.9 Å². The van der Waals surface area contributed by atoms with E-state index in [-0.39, 0.29) is 41.9 Å². The lowest BCUT2D eigenvalue weighted by Gasteiger charge is -2.32. The van der Waals surface area contributed by atoms with Gasteiger partial charge in [-0.2, -0.15) is 0 Å². The smallest absolute Gasteiger partial charge is 0.409 e. The van der Waals surface area contributed by atoms with Crippen molar-refractivity contribution in [2.24, 2.45) is 4.99 Å². The Hall–Kier alpha value is -1.58. The Bertz CT molecular complexity index is 592. The number of benzene rings is 1. The van der Waals surface area contributed by atoms with E-state index in [1.165, 1.54) is 12.1 Å². The van der Waals surface area contributed by atoms with Crippen molar-refractivity contribution in [2.45, 2.75) is 39.3 Å². The number of nitrogens with zero attached hydrogens (tertiary/aromatic N) is 2. The number of aliphatic imine (C=N–C) groups is 1. The number of hydrogen-bond acceptors (Lipinski definition) is 3. The van der Waals surface area contributed by atoms with Gasteiger partial charge in [0.1, 0.15) is 5.82 Å². The maximum absolute atomic E-state index is 13.2. The molecule has 0 radical (unpaired) electrons. The minimum Gasteiger partial charge on any atom is -0.450 e. The van der Waals surface area contributed by atoms with Crippen molar-refractivity contribution >= 4 is 36.0 Å². The van der Waals surface area contributed by atoms with Gasteiger partial charge in [0.25, 0.3) is 0 Å². The maximum atomic E-state index is 13.2. The number of halogens is 2. The molecule has 2 rings (SSSR count). The van der Waals surface area contributed by atoms with Gasteiger partial charge >= 0.3 is 6.09 Å². The molecule has 1 heterocycles. The monoisotopic (exact) mass is 478 g/mol. The summed E-state index contributed by atoms with van der Waals surface area (Å²) in [4.78, 5) is 18.0.